The molecule has 224 valence electrons. The van der Waals surface area contributed by atoms with E-state index in [2.05, 4.69) is 27.2 Å². The number of fused-ring (bicyclic) bond motifs is 1. The van der Waals surface area contributed by atoms with Gasteiger partial charge in [-0.25, -0.2) is 4.79 Å². The molecule has 1 aliphatic carbocycles. The van der Waals surface area contributed by atoms with E-state index in [0.29, 0.717) is 31.5 Å². The zero-order chi connectivity index (χ0) is 30.3. The smallest absolute Gasteiger partial charge is 0.410 e. The second-order valence-corrected chi connectivity index (χ2v) is 12.2. The van der Waals surface area contributed by atoms with Crippen molar-refractivity contribution in [3.63, 3.8) is 0 Å². The minimum Gasteiger partial charge on any atom is -0.444 e. The van der Waals surface area contributed by atoms with Crippen LogP contribution in [0, 0.1) is 11.8 Å². The van der Waals surface area contributed by atoms with Crippen LogP contribution < -0.4 is 5.32 Å². The molecule has 1 saturated carbocycles. The van der Waals surface area contributed by atoms with E-state index >= 15 is 0 Å². The summed E-state index contributed by atoms with van der Waals surface area (Å²) in [5.41, 5.74) is 10.4. The first-order valence-corrected chi connectivity index (χ1v) is 14.9. The predicted molar refractivity (Wildman–Crippen MR) is 156 cm³/mol. The maximum absolute atomic E-state index is 13.0. The highest BCUT2D eigenvalue weighted by molar-refractivity contribution is 6.05. The maximum atomic E-state index is 13.0. The van der Waals surface area contributed by atoms with Crippen LogP contribution in [0.2, 0.25) is 0 Å². The molecule has 0 aromatic heterocycles. The summed E-state index contributed by atoms with van der Waals surface area (Å²) in [5, 5.41) is 6.17. The zero-order valence-corrected chi connectivity index (χ0v) is 24.7. The number of carbonyl (C=O) groups excluding carboxylic acids is 4. The van der Waals surface area contributed by atoms with Gasteiger partial charge in [0.15, 0.2) is 0 Å². The van der Waals surface area contributed by atoms with Gasteiger partial charge in [-0.1, -0.05) is 23.4 Å². The molecule has 4 rings (SSSR count). The minimum absolute atomic E-state index is 0.000691. The highest BCUT2D eigenvalue weighted by Crippen LogP contribution is 2.29. The lowest BCUT2D eigenvalue weighted by Gasteiger charge is -2.37. The Labute approximate surface area is 246 Å². The Morgan fingerprint density at radius 1 is 1.14 bits per heavy atom. The number of rotatable bonds is 8. The van der Waals surface area contributed by atoms with Gasteiger partial charge >= 0.3 is 6.09 Å². The summed E-state index contributed by atoms with van der Waals surface area (Å²) in [6, 6.07) is 4.95. The monoisotopic (exact) mass is 576 g/mol. The van der Waals surface area contributed by atoms with Crippen LogP contribution in [0.4, 0.5) is 4.79 Å². The molecule has 11 heteroatoms. The Hall–Kier alpha value is -4.03. The van der Waals surface area contributed by atoms with Crippen LogP contribution in [-0.4, -0.2) is 63.9 Å². The molecule has 42 heavy (non-hydrogen) atoms. The van der Waals surface area contributed by atoms with Crippen molar-refractivity contribution in [3.8, 4) is 11.8 Å². The van der Waals surface area contributed by atoms with Crippen LogP contribution >= 0.6 is 0 Å². The molecule has 1 N–H and O–H groups in total. The third-order valence-corrected chi connectivity index (χ3v) is 7.91. The molecule has 1 unspecified atom stereocenters. The highest BCUT2D eigenvalue weighted by atomic mass is 16.6. The molecule has 11 nitrogen and oxygen atoms in total. The molecule has 1 aromatic carbocycles. The summed E-state index contributed by atoms with van der Waals surface area (Å²) in [7, 11) is 0. The van der Waals surface area contributed by atoms with Crippen LogP contribution in [0.3, 0.4) is 0 Å². The number of piperidine rings is 1. The first-order valence-electron chi connectivity index (χ1n) is 14.9. The second-order valence-electron chi connectivity index (χ2n) is 12.2. The van der Waals surface area contributed by atoms with Crippen LogP contribution in [0.15, 0.2) is 23.3 Å². The van der Waals surface area contributed by atoms with E-state index in [9.17, 15) is 19.2 Å². The summed E-state index contributed by atoms with van der Waals surface area (Å²) >= 11 is 0. The topological polar surface area (TPSA) is 145 Å². The molecule has 0 radical (unpaired) electrons. The van der Waals surface area contributed by atoms with Gasteiger partial charge in [0.1, 0.15) is 11.6 Å². The number of azide groups is 1. The van der Waals surface area contributed by atoms with Crippen LogP contribution in [0.1, 0.15) is 106 Å². The first-order chi connectivity index (χ1) is 20.1. The Bertz CT molecular complexity index is 1310. The number of nitrogens with zero attached hydrogens (tertiary/aromatic N) is 5. The van der Waals surface area contributed by atoms with Crippen molar-refractivity contribution < 1.29 is 23.9 Å². The normalized spacial score (nSPS) is 21.9. The lowest BCUT2D eigenvalue weighted by Crippen LogP contribution is -2.52. The lowest BCUT2D eigenvalue weighted by atomic mass is 9.90. The standard InChI is InChI=1S/C31H40N6O5/c1-31(2,3)42-30(41)36(24-13-11-23(12-14-24)34-35-32)18-8-6-4-5-7-9-21-10-15-25-22(19-21)20-37(29(25)40)26-16-17-27(38)33-28(26)39/h10,15,19,23-24,26H,4-6,8,11-14,16-18,20H2,1-3H3,(H,33,38,39)/t23-,24+,26?. The third kappa shape index (κ3) is 8.04. The number of ether oxygens (including phenoxy) is 1. The van der Waals surface area contributed by atoms with Gasteiger partial charge in [0.2, 0.25) is 11.8 Å². The number of amides is 4. The molecule has 2 aliphatic heterocycles. The molecule has 1 saturated heterocycles. The van der Waals surface area contributed by atoms with Gasteiger partial charge in [0, 0.05) is 54.1 Å². The quantitative estimate of drug-likeness (QED) is 0.113. The Kier molecular flexibility index (Phi) is 10.1. The van der Waals surface area contributed by atoms with Gasteiger partial charge in [-0.15, -0.1) is 0 Å². The van der Waals surface area contributed by atoms with Crippen LogP contribution in [0.5, 0.6) is 0 Å². The molecular formula is C31H40N6O5. The second kappa shape index (κ2) is 13.8. The number of unbranched alkanes of at least 4 members (excludes halogenated alkanes) is 3. The Morgan fingerprint density at radius 2 is 1.90 bits per heavy atom. The molecule has 4 amide bonds. The van der Waals surface area contributed by atoms with Gasteiger partial charge in [-0.2, -0.15) is 0 Å². The van der Waals surface area contributed by atoms with E-state index in [1.165, 1.54) is 4.90 Å². The van der Waals surface area contributed by atoms with Crippen molar-refractivity contribution >= 4 is 23.8 Å². The van der Waals surface area contributed by atoms with Crippen molar-refractivity contribution in [1.29, 1.82) is 0 Å². The highest BCUT2D eigenvalue weighted by Gasteiger charge is 2.39. The number of imide groups is 1. The number of hydrogen-bond donors (Lipinski definition) is 1. The summed E-state index contributed by atoms with van der Waals surface area (Å²) in [6.45, 7) is 6.55. The van der Waals surface area contributed by atoms with Crippen molar-refractivity contribution in [3.05, 3.63) is 45.3 Å². The summed E-state index contributed by atoms with van der Waals surface area (Å²) in [6.07, 6.45) is 6.78. The lowest BCUT2D eigenvalue weighted by molar-refractivity contribution is -0.136. The van der Waals surface area contributed by atoms with E-state index in [-0.39, 0.29) is 36.4 Å². The summed E-state index contributed by atoms with van der Waals surface area (Å²) in [4.78, 5) is 55.9. The molecular weight excluding hydrogens is 536 g/mol. The molecule has 3 aliphatic rings. The molecule has 1 aromatic rings. The van der Waals surface area contributed by atoms with E-state index in [4.69, 9.17) is 10.3 Å². The fourth-order valence-corrected chi connectivity index (χ4v) is 5.79. The van der Waals surface area contributed by atoms with Crippen molar-refractivity contribution in [2.24, 2.45) is 5.11 Å². The maximum Gasteiger partial charge on any atom is 0.410 e. The average Bonchev–Trinajstić information content (AvgIpc) is 3.25. The Morgan fingerprint density at radius 3 is 2.60 bits per heavy atom. The van der Waals surface area contributed by atoms with E-state index in [0.717, 1.165) is 56.1 Å². The van der Waals surface area contributed by atoms with E-state index in [1.807, 2.05) is 37.8 Å². The summed E-state index contributed by atoms with van der Waals surface area (Å²) in [5.74, 6) is 5.49. The number of benzene rings is 1. The van der Waals surface area contributed by atoms with Gasteiger partial charge in [0.25, 0.3) is 5.91 Å². The third-order valence-electron chi connectivity index (χ3n) is 7.91. The van der Waals surface area contributed by atoms with Crippen molar-refractivity contribution in [2.45, 2.75) is 115 Å². The van der Waals surface area contributed by atoms with Gasteiger partial charge < -0.3 is 14.5 Å². The van der Waals surface area contributed by atoms with Gasteiger partial charge in [0.05, 0.1) is 0 Å². The van der Waals surface area contributed by atoms with Crippen LogP contribution in [-0.2, 0) is 20.9 Å². The number of hydrogen-bond acceptors (Lipinski definition) is 6. The first kappa shape index (κ1) is 30.9. The van der Waals surface area contributed by atoms with E-state index < -0.39 is 17.6 Å². The molecule has 1 atom stereocenters. The molecule has 2 heterocycles. The van der Waals surface area contributed by atoms with Gasteiger partial charge in [-0.05, 0) is 95.0 Å². The number of nitrogens with one attached hydrogen (secondary N) is 1. The fourth-order valence-electron chi connectivity index (χ4n) is 5.79. The van der Waals surface area contributed by atoms with Crippen molar-refractivity contribution in [1.82, 2.24) is 15.1 Å². The SMILES string of the molecule is CC(C)(C)OC(=O)N(CCCCCC#Cc1ccc2c(c1)CN(C1CCC(=O)NC1=O)C2=O)[C@H]1CC[C@@H](N=[N+]=[N-])CC1. The minimum atomic E-state index is -0.629. The molecule has 0 bridgehead atoms. The summed E-state index contributed by atoms with van der Waals surface area (Å²) < 4.78 is 5.69. The van der Waals surface area contributed by atoms with Crippen LogP contribution in [0.25, 0.3) is 10.4 Å². The Balaban J connectivity index is 1.25. The van der Waals surface area contributed by atoms with E-state index in [1.54, 1.807) is 6.07 Å². The number of carbonyl (C=O) groups is 4. The molecule has 0 spiro atoms. The largest absolute Gasteiger partial charge is 0.444 e. The van der Waals surface area contributed by atoms with Crippen molar-refractivity contribution in [2.75, 3.05) is 6.54 Å². The van der Waals surface area contributed by atoms with Gasteiger partial charge in [-0.3, -0.25) is 19.7 Å². The zero-order valence-electron chi connectivity index (χ0n) is 24.7. The fraction of sp³-hybridized carbons (Fsp3) is 0.613. The predicted octanol–water partition coefficient (Wildman–Crippen LogP) is 5.22. The average molecular weight is 577 g/mol. The molecule has 2 fully saturated rings.